The molecular weight excluding hydrogens is 386 g/mol. The average molecular weight is 407 g/mol. The third-order valence-corrected chi connectivity index (χ3v) is 5.56. The second-order valence-electron chi connectivity index (χ2n) is 6.33. The molecule has 0 aliphatic heterocycles. The number of hydrogen-bond donors (Lipinski definition) is 0. The van der Waals surface area contributed by atoms with Gasteiger partial charge in [-0.25, -0.2) is 4.79 Å². The standard InChI is InChI=1S/C22H21N3O3S/c1-3-25-20(15-10-6-5-7-11-15)23-24-22(25)29-14-17-16-12-8-9-13-18(16)28-19(17)21(26)27-4-2/h5-13H,3-4,14H2,1-2H3. The lowest BCUT2D eigenvalue weighted by molar-refractivity contribution is 0.0491. The van der Waals surface area contributed by atoms with Gasteiger partial charge in [0, 0.05) is 28.8 Å². The minimum Gasteiger partial charge on any atom is -0.460 e. The normalized spacial score (nSPS) is 11.1. The molecule has 7 heteroatoms. The van der Waals surface area contributed by atoms with Gasteiger partial charge in [-0.1, -0.05) is 60.3 Å². The molecule has 0 saturated carbocycles. The van der Waals surface area contributed by atoms with E-state index in [9.17, 15) is 4.79 Å². The number of ether oxygens (including phenoxy) is 1. The molecular formula is C22H21N3O3S. The Morgan fingerprint density at radius 1 is 1.07 bits per heavy atom. The summed E-state index contributed by atoms with van der Waals surface area (Å²) in [6.07, 6.45) is 0. The molecule has 29 heavy (non-hydrogen) atoms. The van der Waals surface area contributed by atoms with Crippen LogP contribution in [0.5, 0.6) is 0 Å². The molecule has 4 rings (SSSR count). The van der Waals surface area contributed by atoms with E-state index in [1.54, 1.807) is 6.92 Å². The fourth-order valence-electron chi connectivity index (χ4n) is 3.22. The molecule has 0 unspecified atom stereocenters. The predicted octanol–water partition coefficient (Wildman–Crippen LogP) is 5.18. The highest BCUT2D eigenvalue weighted by molar-refractivity contribution is 7.98. The number of fused-ring (bicyclic) bond motifs is 1. The maximum atomic E-state index is 12.4. The van der Waals surface area contributed by atoms with Gasteiger partial charge in [-0.3, -0.25) is 0 Å². The summed E-state index contributed by atoms with van der Waals surface area (Å²) < 4.78 is 13.1. The molecule has 2 heterocycles. The van der Waals surface area contributed by atoms with E-state index >= 15 is 0 Å². The van der Waals surface area contributed by atoms with Gasteiger partial charge < -0.3 is 13.7 Å². The second-order valence-corrected chi connectivity index (χ2v) is 7.27. The molecule has 0 radical (unpaired) electrons. The number of para-hydroxylation sites is 1. The highest BCUT2D eigenvalue weighted by atomic mass is 32.2. The van der Waals surface area contributed by atoms with Crippen molar-refractivity contribution in [1.82, 2.24) is 14.8 Å². The van der Waals surface area contributed by atoms with E-state index in [0.717, 1.165) is 34.0 Å². The highest BCUT2D eigenvalue weighted by Crippen LogP contribution is 2.33. The van der Waals surface area contributed by atoms with Gasteiger partial charge in [0.2, 0.25) is 5.76 Å². The largest absolute Gasteiger partial charge is 0.460 e. The van der Waals surface area contributed by atoms with Crippen molar-refractivity contribution in [3.63, 3.8) is 0 Å². The summed E-state index contributed by atoms with van der Waals surface area (Å²) in [5.74, 6) is 1.17. The monoisotopic (exact) mass is 407 g/mol. The van der Waals surface area contributed by atoms with Gasteiger partial charge in [-0.05, 0) is 19.9 Å². The first kappa shape index (κ1) is 19.3. The quantitative estimate of drug-likeness (QED) is 0.310. The Hall–Kier alpha value is -3.06. The van der Waals surface area contributed by atoms with Crippen LogP contribution in [0.2, 0.25) is 0 Å². The number of rotatable bonds is 7. The summed E-state index contributed by atoms with van der Waals surface area (Å²) in [6.45, 7) is 4.89. The fraction of sp³-hybridized carbons (Fsp3) is 0.227. The number of benzene rings is 2. The zero-order valence-corrected chi connectivity index (χ0v) is 17.1. The van der Waals surface area contributed by atoms with Crippen molar-refractivity contribution in [3.8, 4) is 11.4 Å². The predicted molar refractivity (Wildman–Crippen MR) is 113 cm³/mol. The van der Waals surface area contributed by atoms with Crippen LogP contribution in [0.4, 0.5) is 0 Å². The number of aromatic nitrogens is 3. The Morgan fingerprint density at radius 2 is 1.83 bits per heavy atom. The lowest BCUT2D eigenvalue weighted by Crippen LogP contribution is -2.06. The van der Waals surface area contributed by atoms with Crippen LogP contribution in [-0.2, 0) is 17.0 Å². The van der Waals surface area contributed by atoms with E-state index < -0.39 is 5.97 Å². The summed E-state index contributed by atoms with van der Waals surface area (Å²) in [5, 5.41) is 10.5. The molecule has 0 aliphatic carbocycles. The zero-order valence-electron chi connectivity index (χ0n) is 16.3. The van der Waals surface area contributed by atoms with Crippen LogP contribution in [0.3, 0.4) is 0 Å². The number of thioether (sulfide) groups is 1. The molecule has 0 saturated heterocycles. The molecule has 0 bridgehead atoms. The van der Waals surface area contributed by atoms with Crippen LogP contribution in [0.25, 0.3) is 22.4 Å². The summed E-state index contributed by atoms with van der Waals surface area (Å²) in [5.41, 5.74) is 2.51. The topological polar surface area (TPSA) is 70.2 Å². The average Bonchev–Trinajstić information content (AvgIpc) is 3.34. The van der Waals surface area contributed by atoms with Crippen molar-refractivity contribution in [1.29, 1.82) is 0 Å². The van der Waals surface area contributed by atoms with Gasteiger partial charge in [-0.15, -0.1) is 10.2 Å². The lowest BCUT2D eigenvalue weighted by atomic mass is 10.1. The summed E-state index contributed by atoms with van der Waals surface area (Å²) in [6, 6.07) is 17.6. The van der Waals surface area contributed by atoms with E-state index in [0.29, 0.717) is 17.9 Å². The first-order valence-electron chi connectivity index (χ1n) is 9.51. The van der Waals surface area contributed by atoms with E-state index in [2.05, 4.69) is 21.7 Å². The smallest absolute Gasteiger partial charge is 0.374 e. The van der Waals surface area contributed by atoms with Gasteiger partial charge in [-0.2, -0.15) is 0 Å². The second kappa shape index (κ2) is 8.53. The molecule has 6 nitrogen and oxygen atoms in total. The number of hydrogen-bond acceptors (Lipinski definition) is 6. The maximum Gasteiger partial charge on any atom is 0.374 e. The van der Waals surface area contributed by atoms with E-state index in [1.807, 2.05) is 54.6 Å². The van der Waals surface area contributed by atoms with Gasteiger partial charge in [0.15, 0.2) is 11.0 Å². The van der Waals surface area contributed by atoms with Crippen LogP contribution in [-0.4, -0.2) is 27.3 Å². The third-order valence-electron chi connectivity index (χ3n) is 4.57. The molecule has 0 aliphatic rings. The minimum atomic E-state index is -0.443. The van der Waals surface area contributed by atoms with Crippen molar-refractivity contribution in [2.24, 2.45) is 0 Å². The maximum absolute atomic E-state index is 12.4. The summed E-state index contributed by atoms with van der Waals surface area (Å²) in [7, 11) is 0. The van der Waals surface area contributed by atoms with Crippen LogP contribution in [0, 0.1) is 0 Å². The van der Waals surface area contributed by atoms with Crippen molar-refractivity contribution < 1.29 is 13.9 Å². The number of furan rings is 1. The van der Waals surface area contributed by atoms with Crippen LogP contribution < -0.4 is 0 Å². The van der Waals surface area contributed by atoms with Crippen molar-refractivity contribution in [2.75, 3.05) is 6.61 Å². The van der Waals surface area contributed by atoms with E-state index in [4.69, 9.17) is 9.15 Å². The molecule has 0 atom stereocenters. The Morgan fingerprint density at radius 3 is 2.59 bits per heavy atom. The molecule has 148 valence electrons. The number of nitrogens with zero attached hydrogens (tertiary/aromatic N) is 3. The lowest BCUT2D eigenvalue weighted by Gasteiger charge is -2.07. The Labute approximate surface area is 172 Å². The molecule has 2 aromatic carbocycles. The van der Waals surface area contributed by atoms with Gasteiger partial charge >= 0.3 is 5.97 Å². The molecule has 0 amide bonds. The Bertz CT molecular complexity index is 1130. The highest BCUT2D eigenvalue weighted by Gasteiger charge is 2.23. The Kier molecular flexibility index (Phi) is 5.67. The molecule has 0 fully saturated rings. The van der Waals surface area contributed by atoms with E-state index in [1.165, 1.54) is 11.8 Å². The van der Waals surface area contributed by atoms with E-state index in [-0.39, 0.29) is 5.76 Å². The number of carbonyl (C=O) groups is 1. The SMILES string of the molecule is CCOC(=O)c1oc2ccccc2c1CSc1nnc(-c2ccccc2)n1CC. The zero-order chi connectivity index (χ0) is 20.2. The first-order chi connectivity index (χ1) is 14.2. The summed E-state index contributed by atoms with van der Waals surface area (Å²) >= 11 is 1.53. The van der Waals surface area contributed by atoms with Crippen molar-refractivity contribution >= 4 is 28.7 Å². The van der Waals surface area contributed by atoms with Crippen molar-refractivity contribution in [3.05, 3.63) is 65.9 Å². The number of carbonyl (C=O) groups excluding carboxylic acids is 1. The first-order valence-corrected chi connectivity index (χ1v) is 10.5. The number of esters is 1. The molecule has 2 aromatic heterocycles. The molecule has 0 spiro atoms. The van der Waals surface area contributed by atoms with Gasteiger partial charge in [0.25, 0.3) is 0 Å². The Balaban J connectivity index is 1.66. The minimum absolute atomic E-state index is 0.256. The van der Waals surface area contributed by atoms with Crippen LogP contribution in [0.1, 0.15) is 30.0 Å². The van der Waals surface area contributed by atoms with Gasteiger partial charge in [0.1, 0.15) is 5.58 Å². The van der Waals surface area contributed by atoms with Crippen molar-refractivity contribution in [2.45, 2.75) is 31.3 Å². The fourth-order valence-corrected chi connectivity index (χ4v) is 4.25. The summed E-state index contributed by atoms with van der Waals surface area (Å²) in [4.78, 5) is 12.4. The molecule has 0 N–H and O–H groups in total. The van der Waals surface area contributed by atoms with Crippen LogP contribution in [0.15, 0.2) is 64.2 Å². The third kappa shape index (κ3) is 3.78. The van der Waals surface area contributed by atoms with Crippen LogP contribution >= 0.6 is 11.8 Å². The molecule has 4 aromatic rings. The van der Waals surface area contributed by atoms with Gasteiger partial charge in [0.05, 0.1) is 6.61 Å².